The lowest BCUT2D eigenvalue weighted by Crippen LogP contribution is -2.31. The minimum atomic E-state index is -0.938. The summed E-state index contributed by atoms with van der Waals surface area (Å²) < 4.78 is 13.5. The lowest BCUT2D eigenvalue weighted by molar-refractivity contribution is -0.116. The zero-order valence-corrected chi connectivity index (χ0v) is 9.27. The molecule has 1 amide bonds. The summed E-state index contributed by atoms with van der Waals surface area (Å²) in [5.41, 5.74) is 5.70. The molecule has 4 nitrogen and oxygen atoms in total. The zero-order valence-electron chi connectivity index (χ0n) is 9.27. The monoisotopic (exact) mass is 226 g/mol. The van der Waals surface area contributed by atoms with Crippen molar-refractivity contribution in [1.82, 2.24) is 0 Å². The molecule has 0 radical (unpaired) electrons. The SMILES string of the molecule is CC(O)c1c(F)cccc1N(C)CC(N)=O. The van der Waals surface area contributed by atoms with Crippen LogP contribution in [0.15, 0.2) is 18.2 Å². The number of aliphatic hydroxyl groups excluding tert-OH is 1. The minimum absolute atomic E-state index is 0.0246. The summed E-state index contributed by atoms with van der Waals surface area (Å²) >= 11 is 0. The van der Waals surface area contributed by atoms with Crippen LogP contribution in [0.3, 0.4) is 0 Å². The highest BCUT2D eigenvalue weighted by atomic mass is 19.1. The average Bonchev–Trinajstić information content (AvgIpc) is 2.15. The highest BCUT2D eigenvalue weighted by Crippen LogP contribution is 2.27. The molecular formula is C11H15FN2O2. The molecule has 0 aliphatic carbocycles. The number of hydrogen-bond donors (Lipinski definition) is 2. The highest BCUT2D eigenvalue weighted by Gasteiger charge is 2.16. The first kappa shape index (κ1) is 12.4. The predicted molar refractivity (Wildman–Crippen MR) is 59.5 cm³/mol. The fraction of sp³-hybridized carbons (Fsp3) is 0.364. The maximum atomic E-state index is 13.5. The Hall–Kier alpha value is -1.62. The van der Waals surface area contributed by atoms with Crippen molar-refractivity contribution >= 4 is 11.6 Å². The Kier molecular flexibility index (Phi) is 3.84. The number of hydrogen-bond acceptors (Lipinski definition) is 3. The summed E-state index contributed by atoms with van der Waals surface area (Å²) in [5, 5.41) is 9.49. The molecule has 1 atom stereocenters. The molecule has 0 spiro atoms. The molecule has 16 heavy (non-hydrogen) atoms. The molecule has 0 aliphatic heterocycles. The van der Waals surface area contributed by atoms with E-state index in [0.717, 1.165) is 0 Å². The van der Waals surface area contributed by atoms with Crippen LogP contribution in [0, 0.1) is 5.82 Å². The second kappa shape index (κ2) is 4.94. The molecule has 3 N–H and O–H groups in total. The lowest BCUT2D eigenvalue weighted by atomic mass is 10.1. The van der Waals surface area contributed by atoms with Crippen molar-refractivity contribution in [3.8, 4) is 0 Å². The third kappa shape index (κ3) is 2.70. The lowest BCUT2D eigenvalue weighted by Gasteiger charge is -2.22. The summed E-state index contributed by atoms with van der Waals surface area (Å²) in [6.45, 7) is 1.45. The molecular weight excluding hydrogens is 211 g/mol. The third-order valence-electron chi connectivity index (χ3n) is 2.25. The van der Waals surface area contributed by atoms with E-state index in [4.69, 9.17) is 5.73 Å². The zero-order chi connectivity index (χ0) is 12.3. The summed E-state index contributed by atoms with van der Waals surface area (Å²) in [4.78, 5) is 12.3. The second-order valence-corrected chi connectivity index (χ2v) is 3.67. The predicted octanol–water partition coefficient (Wildman–Crippen LogP) is 0.800. The largest absolute Gasteiger partial charge is 0.389 e. The number of nitrogens with two attached hydrogens (primary N) is 1. The smallest absolute Gasteiger partial charge is 0.236 e. The van der Waals surface area contributed by atoms with Crippen LogP contribution in [0.5, 0.6) is 0 Å². The van der Waals surface area contributed by atoms with E-state index in [1.807, 2.05) is 0 Å². The van der Waals surface area contributed by atoms with Crippen LogP contribution < -0.4 is 10.6 Å². The first-order valence-electron chi connectivity index (χ1n) is 4.89. The van der Waals surface area contributed by atoms with Crippen LogP contribution in [0.1, 0.15) is 18.6 Å². The molecule has 0 aliphatic rings. The first-order chi connectivity index (χ1) is 7.43. The molecule has 1 unspecified atom stereocenters. The fourth-order valence-corrected chi connectivity index (χ4v) is 1.59. The topological polar surface area (TPSA) is 66.6 Å². The van der Waals surface area contributed by atoms with Gasteiger partial charge in [-0.3, -0.25) is 4.79 Å². The molecule has 0 aromatic heterocycles. The maximum absolute atomic E-state index is 13.5. The van der Waals surface area contributed by atoms with Gasteiger partial charge in [-0.2, -0.15) is 0 Å². The molecule has 5 heteroatoms. The van der Waals surface area contributed by atoms with Gasteiger partial charge in [-0.15, -0.1) is 0 Å². The number of carbonyl (C=O) groups is 1. The number of halogens is 1. The molecule has 0 fully saturated rings. The van der Waals surface area contributed by atoms with Gasteiger partial charge in [-0.25, -0.2) is 4.39 Å². The van der Waals surface area contributed by atoms with Crippen LogP contribution >= 0.6 is 0 Å². The van der Waals surface area contributed by atoms with Gasteiger partial charge in [0, 0.05) is 18.3 Å². The number of primary amides is 1. The van der Waals surface area contributed by atoms with Crippen molar-refractivity contribution in [2.75, 3.05) is 18.5 Å². The van der Waals surface area contributed by atoms with E-state index < -0.39 is 17.8 Å². The molecule has 0 saturated heterocycles. The van der Waals surface area contributed by atoms with Crippen LogP contribution in [0.2, 0.25) is 0 Å². The summed E-state index contributed by atoms with van der Waals surface area (Å²) in [6, 6.07) is 4.42. The van der Waals surface area contributed by atoms with E-state index in [2.05, 4.69) is 0 Å². The Morgan fingerprint density at radius 2 is 2.25 bits per heavy atom. The Balaban J connectivity index is 3.12. The molecule has 1 aromatic rings. The van der Waals surface area contributed by atoms with Crippen molar-refractivity contribution < 1.29 is 14.3 Å². The van der Waals surface area contributed by atoms with Gasteiger partial charge in [-0.05, 0) is 19.1 Å². The van der Waals surface area contributed by atoms with Crippen molar-refractivity contribution in [3.05, 3.63) is 29.6 Å². The Labute approximate surface area is 93.5 Å². The van der Waals surface area contributed by atoms with Crippen molar-refractivity contribution in [2.24, 2.45) is 5.73 Å². The molecule has 0 bridgehead atoms. The van der Waals surface area contributed by atoms with E-state index in [9.17, 15) is 14.3 Å². The molecule has 1 aromatic carbocycles. The summed E-state index contributed by atoms with van der Waals surface area (Å²) in [5.74, 6) is -1.01. The van der Waals surface area contributed by atoms with E-state index in [0.29, 0.717) is 5.69 Å². The van der Waals surface area contributed by atoms with Gasteiger partial charge in [-0.1, -0.05) is 6.07 Å². The van der Waals surface area contributed by atoms with Gasteiger partial charge < -0.3 is 15.7 Å². The van der Waals surface area contributed by atoms with Crippen molar-refractivity contribution in [2.45, 2.75) is 13.0 Å². The standard InChI is InChI=1S/C11H15FN2O2/c1-7(15)11-8(12)4-3-5-9(11)14(2)6-10(13)16/h3-5,7,15H,6H2,1-2H3,(H2,13,16). The molecule has 0 saturated carbocycles. The number of rotatable bonds is 4. The van der Waals surface area contributed by atoms with Crippen LogP contribution in [0.4, 0.5) is 10.1 Å². The third-order valence-corrected chi connectivity index (χ3v) is 2.25. The summed E-state index contributed by atoms with van der Waals surface area (Å²) in [6.07, 6.45) is -0.938. The Morgan fingerprint density at radius 1 is 1.62 bits per heavy atom. The number of aliphatic hydroxyl groups is 1. The quantitative estimate of drug-likeness (QED) is 0.798. The van der Waals surface area contributed by atoms with Gasteiger partial charge >= 0.3 is 0 Å². The molecule has 1 rings (SSSR count). The fourth-order valence-electron chi connectivity index (χ4n) is 1.59. The number of benzene rings is 1. The second-order valence-electron chi connectivity index (χ2n) is 3.67. The van der Waals surface area contributed by atoms with E-state index in [1.54, 1.807) is 13.1 Å². The number of amides is 1. The minimum Gasteiger partial charge on any atom is -0.389 e. The van der Waals surface area contributed by atoms with Crippen LogP contribution in [0.25, 0.3) is 0 Å². The van der Waals surface area contributed by atoms with Gasteiger partial charge in [0.1, 0.15) is 5.82 Å². The van der Waals surface area contributed by atoms with Crippen molar-refractivity contribution in [3.63, 3.8) is 0 Å². The normalized spacial score (nSPS) is 12.2. The Bertz CT molecular complexity index is 394. The number of anilines is 1. The van der Waals surface area contributed by atoms with Crippen molar-refractivity contribution in [1.29, 1.82) is 0 Å². The van der Waals surface area contributed by atoms with Crippen LogP contribution in [-0.2, 0) is 4.79 Å². The Morgan fingerprint density at radius 3 is 2.75 bits per heavy atom. The molecule has 0 heterocycles. The van der Waals surface area contributed by atoms with Gasteiger partial charge in [0.15, 0.2) is 0 Å². The first-order valence-corrected chi connectivity index (χ1v) is 4.89. The average molecular weight is 226 g/mol. The number of carbonyl (C=O) groups excluding carboxylic acids is 1. The highest BCUT2D eigenvalue weighted by molar-refractivity contribution is 5.79. The van der Waals surface area contributed by atoms with Gasteiger partial charge in [0.25, 0.3) is 0 Å². The van der Waals surface area contributed by atoms with E-state index in [-0.39, 0.29) is 12.1 Å². The van der Waals surface area contributed by atoms with Gasteiger partial charge in [0.05, 0.1) is 12.6 Å². The summed E-state index contributed by atoms with van der Waals surface area (Å²) in [7, 11) is 1.62. The molecule has 88 valence electrons. The number of likely N-dealkylation sites (N-methyl/N-ethyl adjacent to an activating group) is 1. The van der Waals surface area contributed by atoms with Crippen LogP contribution in [-0.4, -0.2) is 24.6 Å². The maximum Gasteiger partial charge on any atom is 0.236 e. The van der Waals surface area contributed by atoms with E-state index in [1.165, 1.54) is 24.0 Å². The van der Waals surface area contributed by atoms with E-state index >= 15 is 0 Å². The number of nitrogens with zero attached hydrogens (tertiary/aromatic N) is 1. The van der Waals surface area contributed by atoms with Gasteiger partial charge in [0.2, 0.25) is 5.91 Å².